The standard InChI is InChI=1S/C13H14F4N2O/c1-6(2)18-9-3-4-19(13(9)20)12-10(16)7(14)5-8(15)11(12)17/h5-6,9,18H,3-4H2,1-2H3. The molecule has 1 heterocycles. The molecular weight excluding hydrogens is 276 g/mol. The zero-order chi connectivity index (χ0) is 15.0. The predicted octanol–water partition coefficient (Wildman–Crippen LogP) is 2.35. The number of rotatable bonds is 3. The summed E-state index contributed by atoms with van der Waals surface area (Å²) in [6.45, 7) is 3.64. The summed E-state index contributed by atoms with van der Waals surface area (Å²) < 4.78 is 53.7. The van der Waals surface area contributed by atoms with Crippen molar-refractivity contribution in [1.29, 1.82) is 0 Å². The van der Waals surface area contributed by atoms with E-state index in [1.807, 2.05) is 13.8 Å². The smallest absolute Gasteiger partial charge is 0.244 e. The second-order valence-corrected chi connectivity index (χ2v) is 4.97. The Morgan fingerprint density at radius 3 is 2.25 bits per heavy atom. The lowest BCUT2D eigenvalue weighted by molar-refractivity contribution is -0.119. The van der Waals surface area contributed by atoms with Crippen LogP contribution in [0.15, 0.2) is 6.07 Å². The van der Waals surface area contributed by atoms with Gasteiger partial charge in [0.25, 0.3) is 0 Å². The number of amides is 1. The van der Waals surface area contributed by atoms with Crippen LogP contribution in [0.25, 0.3) is 0 Å². The molecule has 1 aromatic rings. The topological polar surface area (TPSA) is 32.3 Å². The molecule has 1 atom stereocenters. The molecule has 1 amide bonds. The third-order valence-electron chi connectivity index (χ3n) is 3.10. The van der Waals surface area contributed by atoms with Gasteiger partial charge in [-0.2, -0.15) is 0 Å². The monoisotopic (exact) mass is 290 g/mol. The van der Waals surface area contributed by atoms with Gasteiger partial charge in [0.05, 0.1) is 6.04 Å². The molecule has 0 radical (unpaired) electrons. The van der Waals surface area contributed by atoms with Gasteiger partial charge in [0.2, 0.25) is 5.91 Å². The van der Waals surface area contributed by atoms with Crippen molar-refractivity contribution in [2.24, 2.45) is 0 Å². The summed E-state index contributed by atoms with van der Waals surface area (Å²) in [5, 5.41) is 2.94. The highest BCUT2D eigenvalue weighted by molar-refractivity contribution is 5.99. The molecule has 110 valence electrons. The van der Waals surface area contributed by atoms with E-state index >= 15 is 0 Å². The van der Waals surface area contributed by atoms with Crippen molar-refractivity contribution in [3.05, 3.63) is 29.3 Å². The van der Waals surface area contributed by atoms with E-state index in [4.69, 9.17) is 0 Å². The van der Waals surface area contributed by atoms with E-state index in [-0.39, 0.29) is 18.7 Å². The summed E-state index contributed by atoms with van der Waals surface area (Å²) in [5.41, 5.74) is -0.958. The minimum Gasteiger partial charge on any atom is -0.306 e. The van der Waals surface area contributed by atoms with Crippen LogP contribution in [0.4, 0.5) is 23.2 Å². The Morgan fingerprint density at radius 1 is 1.20 bits per heavy atom. The molecule has 0 aromatic heterocycles. The van der Waals surface area contributed by atoms with Gasteiger partial charge in [0.1, 0.15) is 5.69 Å². The Labute approximate surface area is 113 Å². The van der Waals surface area contributed by atoms with Crippen LogP contribution in [-0.4, -0.2) is 24.5 Å². The lowest BCUT2D eigenvalue weighted by Crippen LogP contribution is -2.42. The predicted molar refractivity (Wildman–Crippen MR) is 65.3 cm³/mol. The number of anilines is 1. The molecule has 1 fully saturated rings. The minimum atomic E-state index is -1.55. The van der Waals surface area contributed by atoms with Crippen molar-refractivity contribution < 1.29 is 22.4 Å². The second-order valence-electron chi connectivity index (χ2n) is 4.97. The van der Waals surface area contributed by atoms with Crippen molar-refractivity contribution >= 4 is 11.6 Å². The van der Waals surface area contributed by atoms with E-state index in [0.717, 1.165) is 4.90 Å². The van der Waals surface area contributed by atoms with Gasteiger partial charge in [0, 0.05) is 18.7 Å². The van der Waals surface area contributed by atoms with Gasteiger partial charge in [0.15, 0.2) is 23.3 Å². The van der Waals surface area contributed by atoms with Crippen LogP contribution in [-0.2, 0) is 4.79 Å². The largest absolute Gasteiger partial charge is 0.306 e. The lowest BCUT2D eigenvalue weighted by Gasteiger charge is -2.20. The average molecular weight is 290 g/mol. The highest BCUT2D eigenvalue weighted by Crippen LogP contribution is 2.31. The summed E-state index contributed by atoms with van der Waals surface area (Å²) in [6, 6.07) is -0.485. The maximum atomic E-state index is 13.7. The van der Waals surface area contributed by atoms with E-state index in [9.17, 15) is 22.4 Å². The normalized spacial score (nSPS) is 19.2. The molecule has 0 saturated carbocycles. The summed E-state index contributed by atoms with van der Waals surface area (Å²) in [4.78, 5) is 12.8. The molecule has 1 aliphatic rings. The molecule has 1 saturated heterocycles. The molecule has 20 heavy (non-hydrogen) atoms. The quantitative estimate of drug-likeness (QED) is 0.684. The summed E-state index contributed by atoms with van der Waals surface area (Å²) in [7, 11) is 0. The van der Waals surface area contributed by atoms with Gasteiger partial charge in [-0.25, -0.2) is 17.6 Å². The number of halogens is 4. The number of carbonyl (C=O) groups excluding carboxylic acids is 1. The van der Waals surface area contributed by atoms with Gasteiger partial charge in [-0.1, -0.05) is 13.8 Å². The summed E-state index contributed by atoms with van der Waals surface area (Å²) in [5.74, 6) is -6.75. The summed E-state index contributed by atoms with van der Waals surface area (Å²) in [6.07, 6.45) is 0.314. The van der Waals surface area contributed by atoms with Crippen LogP contribution in [0, 0.1) is 23.3 Å². The lowest BCUT2D eigenvalue weighted by atomic mass is 10.2. The molecule has 3 nitrogen and oxygen atoms in total. The van der Waals surface area contributed by atoms with Crippen LogP contribution in [0.5, 0.6) is 0 Å². The van der Waals surface area contributed by atoms with Crippen molar-refractivity contribution in [3.8, 4) is 0 Å². The van der Waals surface area contributed by atoms with Gasteiger partial charge < -0.3 is 10.2 Å². The van der Waals surface area contributed by atoms with Crippen LogP contribution in [0.3, 0.4) is 0 Å². The zero-order valence-electron chi connectivity index (χ0n) is 11.0. The van der Waals surface area contributed by atoms with Crippen molar-refractivity contribution in [2.45, 2.75) is 32.4 Å². The number of benzene rings is 1. The zero-order valence-corrected chi connectivity index (χ0v) is 11.0. The van der Waals surface area contributed by atoms with Crippen LogP contribution in [0.1, 0.15) is 20.3 Å². The molecule has 1 aliphatic heterocycles. The van der Waals surface area contributed by atoms with Crippen molar-refractivity contribution in [3.63, 3.8) is 0 Å². The maximum Gasteiger partial charge on any atom is 0.244 e. The molecule has 0 bridgehead atoms. The van der Waals surface area contributed by atoms with Gasteiger partial charge in [-0.3, -0.25) is 4.79 Å². The minimum absolute atomic E-state index is 0.0000463. The summed E-state index contributed by atoms with van der Waals surface area (Å²) >= 11 is 0. The van der Waals surface area contributed by atoms with Crippen molar-refractivity contribution in [2.75, 3.05) is 11.4 Å². The molecule has 0 spiro atoms. The fourth-order valence-electron chi connectivity index (χ4n) is 2.26. The molecule has 1 N–H and O–H groups in total. The molecule has 0 aliphatic carbocycles. The SMILES string of the molecule is CC(C)NC1CCN(c2c(F)c(F)cc(F)c2F)C1=O. The third kappa shape index (κ3) is 2.49. The van der Waals surface area contributed by atoms with E-state index in [1.165, 1.54) is 0 Å². The number of hydrogen-bond acceptors (Lipinski definition) is 2. The van der Waals surface area contributed by atoms with Gasteiger partial charge >= 0.3 is 0 Å². The molecule has 7 heteroatoms. The molecule has 1 aromatic carbocycles. The molecule has 1 unspecified atom stereocenters. The Kier molecular flexibility index (Phi) is 3.99. The molecule has 2 rings (SSSR count). The number of carbonyl (C=O) groups is 1. The second kappa shape index (κ2) is 5.40. The van der Waals surface area contributed by atoms with Crippen LogP contribution < -0.4 is 10.2 Å². The highest BCUT2D eigenvalue weighted by atomic mass is 19.2. The first-order valence-corrected chi connectivity index (χ1v) is 6.23. The molecular formula is C13H14F4N2O. The van der Waals surface area contributed by atoms with E-state index < -0.39 is 40.9 Å². The Bertz CT molecular complexity index is 521. The maximum absolute atomic E-state index is 13.7. The number of nitrogens with zero attached hydrogens (tertiary/aromatic N) is 1. The number of hydrogen-bond donors (Lipinski definition) is 1. The fraction of sp³-hybridized carbons (Fsp3) is 0.462. The first kappa shape index (κ1) is 14.8. The van der Waals surface area contributed by atoms with E-state index in [2.05, 4.69) is 5.32 Å². The number of nitrogens with one attached hydrogen (secondary N) is 1. The first-order chi connectivity index (χ1) is 9.32. The van der Waals surface area contributed by atoms with Crippen LogP contribution in [0.2, 0.25) is 0 Å². The van der Waals surface area contributed by atoms with E-state index in [0.29, 0.717) is 6.42 Å². The Balaban J connectivity index is 2.37. The van der Waals surface area contributed by atoms with Crippen molar-refractivity contribution in [1.82, 2.24) is 5.32 Å². The average Bonchev–Trinajstić information content (AvgIpc) is 2.69. The first-order valence-electron chi connectivity index (χ1n) is 6.23. The third-order valence-corrected chi connectivity index (χ3v) is 3.10. The van der Waals surface area contributed by atoms with E-state index in [1.54, 1.807) is 0 Å². The Hall–Kier alpha value is -1.63. The Morgan fingerprint density at radius 2 is 1.75 bits per heavy atom. The fourth-order valence-corrected chi connectivity index (χ4v) is 2.26. The van der Waals surface area contributed by atoms with Gasteiger partial charge in [-0.05, 0) is 6.42 Å². The highest BCUT2D eigenvalue weighted by Gasteiger charge is 2.37. The van der Waals surface area contributed by atoms with Crippen LogP contribution >= 0.6 is 0 Å². The van der Waals surface area contributed by atoms with Gasteiger partial charge in [-0.15, -0.1) is 0 Å².